The van der Waals surface area contributed by atoms with Gasteiger partial charge in [-0.05, 0) is 50.3 Å². The standard InChI is InChI=1S/C19H25NO3/c1-22-17-9-6-10-18(23-2)16(17)11-12-19(21)20-14-13-15-7-4-3-5-8-15/h6-7,9-12H,3-5,8,13-14H2,1-2H3,(H,20,21)/b12-11+. The monoisotopic (exact) mass is 315 g/mol. The highest BCUT2D eigenvalue weighted by Crippen LogP contribution is 2.29. The summed E-state index contributed by atoms with van der Waals surface area (Å²) in [4.78, 5) is 12.0. The van der Waals surface area contributed by atoms with Gasteiger partial charge in [0.05, 0.1) is 19.8 Å². The van der Waals surface area contributed by atoms with Crippen LogP contribution in [-0.2, 0) is 4.79 Å². The van der Waals surface area contributed by atoms with Crippen LogP contribution in [0.2, 0.25) is 0 Å². The molecule has 0 saturated carbocycles. The van der Waals surface area contributed by atoms with Gasteiger partial charge in [-0.3, -0.25) is 4.79 Å². The predicted molar refractivity (Wildman–Crippen MR) is 92.8 cm³/mol. The van der Waals surface area contributed by atoms with Gasteiger partial charge in [-0.25, -0.2) is 0 Å². The van der Waals surface area contributed by atoms with E-state index in [9.17, 15) is 4.79 Å². The van der Waals surface area contributed by atoms with E-state index in [4.69, 9.17) is 9.47 Å². The number of rotatable bonds is 7. The van der Waals surface area contributed by atoms with Crippen LogP contribution in [-0.4, -0.2) is 26.7 Å². The van der Waals surface area contributed by atoms with Gasteiger partial charge in [0, 0.05) is 12.6 Å². The van der Waals surface area contributed by atoms with Gasteiger partial charge in [-0.15, -0.1) is 0 Å². The fraction of sp³-hybridized carbons (Fsp3) is 0.421. The maximum absolute atomic E-state index is 12.0. The lowest BCUT2D eigenvalue weighted by Crippen LogP contribution is -2.22. The van der Waals surface area contributed by atoms with Gasteiger partial charge in [-0.2, -0.15) is 0 Å². The lowest BCUT2D eigenvalue weighted by Gasteiger charge is -2.12. The molecule has 4 nitrogen and oxygen atoms in total. The van der Waals surface area contributed by atoms with Crippen LogP contribution in [0.5, 0.6) is 11.5 Å². The Morgan fingerprint density at radius 1 is 1.22 bits per heavy atom. The van der Waals surface area contributed by atoms with E-state index in [1.807, 2.05) is 18.2 Å². The second-order valence-electron chi connectivity index (χ2n) is 5.56. The van der Waals surface area contributed by atoms with Gasteiger partial charge in [-0.1, -0.05) is 17.7 Å². The highest BCUT2D eigenvalue weighted by Gasteiger charge is 2.07. The van der Waals surface area contributed by atoms with E-state index < -0.39 is 0 Å². The number of allylic oxidation sites excluding steroid dienone is 1. The third-order valence-corrected chi connectivity index (χ3v) is 4.00. The summed E-state index contributed by atoms with van der Waals surface area (Å²) < 4.78 is 10.6. The molecule has 0 aromatic heterocycles. The van der Waals surface area contributed by atoms with Gasteiger partial charge >= 0.3 is 0 Å². The molecule has 0 radical (unpaired) electrons. The van der Waals surface area contributed by atoms with E-state index in [-0.39, 0.29) is 5.91 Å². The fourth-order valence-corrected chi connectivity index (χ4v) is 2.74. The molecule has 1 N–H and O–H groups in total. The Bertz CT molecular complexity index is 568. The first kappa shape index (κ1) is 17.1. The summed E-state index contributed by atoms with van der Waals surface area (Å²) in [5, 5.41) is 2.93. The van der Waals surface area contributed by atoms with Crippen molar-refractivity contribution in [3.05, 3.63) is 41.5 Å². The topological polar surface area (TPSA) is 47.6 Å². The SMILES string of the molecule is COc1cccc(OC)c1/C=C/C(=O)NCCC1=CCCCC1. The molecule has 124 valence electrons. The van der Waals surface area contributed by atoms with E-state index in [0.29, 0.717) is 18.0 Å². The van der Waals surface area contributed by atoms with Crippen molar-refractivity contribution in [1.29, 1.82) is 0 Å². The molecule has 0 bridgehead atoms. The van der Waals surface area contributed by atoms with Crippen LogP contribution in [0, 0.1) is 0 Å². The molecule has 1 aliphatic carbocycles. The maximum Gasteiger partial charge on any atom is 0.244 e. The summed E-state index contributed by atoms with van der Waals surface area (Å²) >= 11 is 0. The van der Waals surface area contributed by atoms with Crippen molar-refractivity contribution in [2.24, 2.45) is 0 Å². The van der Waals surface area contributed by atoms with Crippen LogP contribution in [0.3, 0.4) is 0 Å². The third kappa shape index (κ3) is 5.16. The van der Waals surface area contributed by atoms with E-state index in [2.05, 4.69) is 11.4 Å². The van der Waals surface area contributed by atoms with Gasteiger partial charge in [0.25, 0.3) is 0 Å². The first-order valence-electron chi connectivity index (χ1n) is 8.09. The molecule has 1 amide bonds. The predicted octanol–water partition coefficient (Wildman–Crippen LogP) is 3.72. The van der Waals surface area contributed by atoms with E-state index in [0.717, 1.165) is 12.0 Å². The zero-order chi connectivity index (χ0) is 16.5. The van der Waals surface area contributed by atoms with Crippen molar-refractivity contribution < 1.29 is 14.3 Å². The molecule has 0 aliphatic heterocycles. The fourth-order valence-electron chi connectivity index (χ4n) is 2.74. The molecule has 1 aromatic rings. The lowest BCUT2D eigenvalue weighted by atomic mass is 9.97. The number of nitrogens with one attached hydrogen (secondary N) is 1. The quantitative estimate of drug-likeness (QED) is 0.616. The summed E-state index contributed by atoms with van der Waals surface area (Å²) in [5.74, 6) is 1.26. The maximum atomic E-state index is 12.0. The van der Waals surface area contributed by atoms with Gasteiger partial charge in [0.1, 0.15) is 11.5 Å². The van der Waals surface area contributed by atoms with Gasteiger partial charge in [0.15, 0.2) is 0 Å². The number of carbonyl (C=O) groups is 1. The van der Waals surface area contributed by atoms with E-state index >= 15 is 0 Å². The minimum Gasteiger partial charge on any atom is -0.496 e. The number of carbonyl (C=O) groups excluding carboxylic acids is 1. The minimum absolute atomic E-state index is 0.102. The summed E-state index contributed by atoms with van der Waals surface area (Å²) in [6.07, 6.45) is 11.4. The summed E-state index contributed by atoms with van der Waals surface area (Å²) in [7, 11) is 3.20. The van der Waals surface area contributed by atoms with Crippen molar-refractivity contribution >= 4 is 12.0 Å². The highest BCUT2D eigenvalue weighted by molar-refractivity contribution is 5.92. The average molecular weight is 315 g/mol. The molecule has 23 heavy (non-hydrogen) atoms. The Hall–Kier alpha value is -2.23. The van der Waals surface area contributed by atoms with Crippen molar-refractivity contribution in [1.82, 2.24) is 5.32 Å². The average Bonchev–Trinajstić information content (AvgIpc) is 2.60. The molecule has 0 saturated heterocycles. The summed E-state index contributed by atoms with van der Waals surface area (Å²) in [6, 6.07) is 5.54. The Kier molecular flexibility index (Phi) is 6.73. The molecule has 0 atom stereocenters. The number of hydrogen-bond donors (Lipinski definition) is 1. The van der Waals surface area contributed by atoms with Crippen molar-refractivity contribution in [2.45, 2.75) is 32.1 Å². The number of hydrogen-bond acceptors (Lipinski definition) is 3. The molecular formula is C19H25NO3. The van der Waals surface area contributed by atoms with Gasteiger partial charge in [0.2, 0.25) is 5.91 Å². The second-order valence-corrected chi connectivity index (χ2v) is 5.56. The molecular weight excluding hydrogens is 290 g/mol. The van der Waals surface area contributed by atoms with Crippen LogP contribution in [0.4, 0.5) is 0 Å². The van der Waals surface area contributed by atoms with Gasteiger partial charge < -0.3 is 14.8 Å². The number of benzene rings is 1. The zero-order valence-corrected chi connectivity index (χ0v) is 13.9. The largest absolute Gasteiger partial charge is 0.496 e. The van der Waals surface area contributed by atoms with Crippen molar-refractivity contribution in [3.8, 4) is 11.5 Å². The summed E-state index contributed by atoms with van der Waals surface area (Å²) in [5.41, 5.74) is 2.23. The smallest absolute Gasteiger partial charge is 0.244 e. The highest BCUT2D eigenvalue weighted by atomic mass is 16.5. The van der Waals surface area contributed by atoms with Crippen molar-refractivity contribution in [3.63, 3.8) is 0 Å². The lowest BCUT2D eigenvalue weighted by molar-refractivity contribution is -0.116. The van der Waals surface area contributed by atoms with Crippen LogP contribution in [0.1, 0.15) is 37.7 Å². The summed E-state index contributed by atoms with van der Waals surface area (Å²) in [6.45, 7) is 0.679. The number of amides is 1. The van der Waals surface area contributed by atoms with E-state index in [1.54, 1.807) is 20.3 Å². The van der Waals surface area contributed by atoms with E-state index in [1.165, 1.54) is 37.3 Å². The molecule has 1 aromatic carbocycles. The normalized spacial score (nSPS) is 14.4. The number of ether oxygens (including phenoxy) is 2. The Balaban J connectivity index is 1.89. The molecule has 2 rings (SSSR count). The molecule has 4 heteroatoms. The second kappa shape index (κ2) is 9.03. The molecule has 1 aliphatic rings. The molecule has 0 heterocycles. The first-order chi connectivity index (χ1) is 11.2. The first-order valence-corrected chi connectivity index (χ1v) is 8.09. The zero-order valence-electron chi connectivity index (χ0n) is 13.9. The van der Waals surface area contributed by atoms with Crippen LogP contribution in [0.25, 0.3) is 6.08 Å². The Morgan fingerprint density at radius 2 is 1.96 bits per heavy atom. The van der Waals surface area contributed by atoms with Crippen molar-refractivity contribution in [2.75, 3.05) is 20.8 Å². The Morgan fingerprint density at radius 3 is 2.57 bits per heavy atom. The van der Waals surface area contributed by atoms with Crippen LogP contribution >= 0.6 is 0 Å². The minimum atomic E-state index is -0.102. The number of methoxy groups -OCH3 is 2. The molecule has 0 fully saturated rings. The Labute approximate surface area is 138 Å². The molecule has 0 unspecified atom stereocenters. The van der Waals surface area contributed by atoms with Crippen LogP contribution < -0.4 is 14.8 Å². The van der Waals surface area contributed by atoms with Crippen LogP contribution in [0.15, 0.2) is 35.9 Å². The third-order valence-electron chi connectivity index (χ3n) is 4.00. The molecule has 0 spiro atoms.